The van der Waals surface area contributed by atoms with E-state index < -0.39 is 0 Å². The topological polar surface area (TPSA) is 42.2 Å². The van der Waals surface area contributed by atoms with Gasteiger partial charge in [0.2, 0.25) is 0 Å². The number of fused-ring (bicyclic) bond motifs is 1. The highest BCUT2D eigenvalue weighted by molar-refractivity contribution is 5.92. The molecule has 106 valence electrons. The third-order valence-electron chi connectivity index (χ3n) is 4.27. The maximum Gasteiger partial charge on any atom is 0.136 e. The lowest BCUT2D eigenvalue weighted by Gasteiger charge is -2.31. The maximum absolute atomic E-state index is 6.00. The summed E-state index contributed by atoms with van der Waals surface area (Å²) in [6.07, 6.45) is 4.03. The Hall–Kier alpha value is -1.61. The van der Waals surface area contributed by atoms with Crippen molar-refractivity contribution in [3.05, 3.63) is 36.0 Å². The van der Waals surface area contributed by atoms with E-state index in [1.54, 1.807) is 0 Å². The van der Waals surface area contributed by atoms with Gasteiger partial charge in [0, 0.05) is 30.7 Å². The van der Waals surface area contributed by atoms with Gasteiger partial charge in [-0.15, -0.1) is 0 Å². The number of hydrogen-bond donors (Lipinski definition) is 1. The minimum Gasteiger partial charge on any atom is -0.356 e. The zero-order chi connectivity index (χ0) is 14.1. The summed E-state index contributed by atoms with van der Waals surface area (Å²) in [5, 5.41) is 2.54. The molecular formula is C17H23N3. The van der Waals surface area contributed by atoms with Crippen molar-refractivity contribution in [3.63, 3.8) is 0 Å². The summed E-state index contributed by atoms with van der Waals surface area (Å²) in [7, 11) is 0. The van der Waals surface area contributed by atoms with Crippen molar-refractivity contribution in [1.82, 2.24) is 4.98 Å². The number of aromatic nitrogens is 1. The van der Waals surface area contributed by atoms with Crippen LogP contribution in [0.1, 0.15) is 38.2 Å². The van der Waals surface area contributed by atoms with Crippen LogP contribution in [0.2, 0.25) is 0 Å². The smallest absolute Gasteiger partial charge is 0.136 e. The number of benzene rings is 1. The molecule has 1 fully saturated rings. The summed E-state index contributed by atoms with van der Waals surface area (Å²) >= 11 is 0. The Morgan fingerprint density at radius 2 is 1.95 bits per heavy atom. The van der Waals surface area contributed by atoms with Crippen LogP contribution in [0.5, 0.6) is 0 Å². The largest absolute Gasteiger partial charge is 0.356 e. The molecular weight excluding hydrogens is 246 g/mol. The summed E-state index contributed by atoms with van der Waals surface area (Å²) in [6.45, 7) is 6.49. The summed E-state index contributed by atoms with van der Waals surface area (Å²) < 4.78 is 0. The van der Waals surface area contributed by atoms with Crippen molar-refractivity contribution in [1.29, 1.82) is 0 Å². The Kier molecular flexibility index (Phi) is 3.62. The Bertz CT molecular complexity index is 598. The normalized spacial score (nSPS) is 17.1. The number of nitrogens with two attached hydrogens (primary N) is 1. The minimum absolute atomic E-state index is 0.354. The average molecular weight is 269 g/mol. The fraction of sp³-hybridized carbons (Fsp3) is 0.471. The van der Waals surface area contributed by atoms with Crippen molar-refractivity contribution in [2.45, 2.75) is 38.6 Å². The van der Waals surface area contributed by atoms with Gasteiger partial charge in [0.05, 0.1) is 0 Å². The number of nitrogens with zero attached hydrogens (tertiary/aromatic N) is 2. The number of rotatable bonds is 2. The Balaban J connectivity index is 2.03. The van der Waals surface area contributed by atoms with Crippen LogP contribution in [0.15, 0.2) is 30.5 Å². The van der Waals surface area contributed by atoms with Gasteiger partial charge in [-0.05, 0) is 41.8 Å². The van der Waals surface area contributed by atoms with Gasteiger partial charge in [-0.25, -0.2) is 4.98 Å². The first-order valence-corrected chi connectivity index (χ1v) is 7.54. The Labute approximate surface area is 120 Å². The molecule has 3 rings (SSSR count). The number of anilines is 1. The lowest BCUT2D eigenvalue weighted by molar-refractivity contribution is 0.499. The van der Waals surface area contributed by atoms with Crippen LogP contribution in [-0.4, -0.2) is 24.1 Å². The van der Waals surface area contributed by atoms with E-state index in [4.69, 9.17) is 5.73 Å². The molecule has 0 radical (unpaired) electrons. The molecule has 0 amide bonds. The molecule has 0 bridgehead atoms. The first-order chi connectivity index (χ1) is 9.65. The van der Waals surface area contributed by atoms with E-state index in [1.165, 1.54) is 16.3 Å². The van der Waals surface area contributed by atoms with E-state index >= 15 is 0 Å². The van der Waals surface area contributed by atoms with Crippen molar-refractivity contribution in [2.24, 2.45) is 5.73 Å². The molecule has 3 nitrogen and oxygen atoms in total. The number of hydrogen-bond acceptors (Lipinski definition) is 3. The van der Waals surface area contributed by atoms with Gasteiger partial charge in [-0.1, -0.05) is 26.0 Å². The first-order valence-electron chi connectivity index (χ1n) is 7.54. The van der Waals surface area contributed by atoms with Crippen LogP contribution in [0, 0.1) is 0 Å². The molecule has 1 aliphatic rings. The molecule has 3 heteroatoms. The van der Waals surface area contributed by atoms with E-state index in [-0.39, 0.29) is 0 Å². The van der Waals surface area contributed by atoms with Gasteiger partial charge in [-0.2, -0.15) is 0 Å². The lowest BCUT2D eigenvalue weighted by atomic mass is 9.99. The fourth-order valence-electron chi connectivity index (χ4n) is 2.89. The number of pyridine rings is 1. The molecule has 20 heavy (non-hydrogen) atoms. The summed E-state index contributed by atoms with van der Waals surface area (Å²) in [5.41, 5.74) is 7.38. The lowest BCUT2D eigenvalue weighted by Crippen LogP contribution is -2.40. The van der Waals surface area contributed by atoms with E-state index in [2.05, 4.69) is 48.0 Å². The number of piperidine rings is 1. The third kappa shape index (κ3) is 2.50. The SMILES string of the molecule is CC(C)c1ccc2ccnc(N3CCC(N)CC3)c2c1. The highest BCUT2D eigenvalue weighted by atomic mass is 15.2. The van der Waals surface area contributed by atoms with Crippen molar-refractivity contribution < 1.29 is 0 Å². The van der Waals surface area contributed by atoms with Gasteiger partial charge in [0.1, 0.15) is 5.82 Å². The Morgan fingerprint density at radius 3 is 2.65 bits per heavy atom. The average Bonchev–Trinajstić information content (AvgIpc) is 2.47. The standard InChI is InChI=1S/C17H23N3/c1-12(2)14-4-3-13-5-8-19-17(16(13)11-14)20-9-6-15(18)7-10-20/h3-5,8,11-12,15H,6-7,9-10,18H2,1-2H3. The molecule has 1 aromatic carbocycles. The van der Waals surface area contributed by atoms with Gasteiger partial charge in [-0.3, -0.25) is 0 Å². The summed E-state index contributed by atoms with van der Waals surface area (Å²) in [4.78, 5) is 7.03. The molecule has 1 aromatic heterocycles. The van der Waals surface area contributed by atoms with E-state index in [0.29, 0.717) is 12.0 Å². The highest BCUT2D eigenvalue weighted by Gasteiger charge is 2.19. The maximum atomic E-state index is 6.00. The molecule has 1 saturated heterocycles. The summed E-state index contributed by atoms with van der Waals surface area (Å²) in [5.74, 6) is 1.67. The quantitative estimate of drug-likeness (QED) is 0.909. The predicted octanol–water partition coefficient (Wildman–Crippen LogP) is 3.29. The first kappa shape index (κ1) is 13.4. The van der Waals surface area contributed by atoms with E-state index in [9.17, 15) is 0 Å². The van der Waals surface area contributed by atoms with Crippen LogP contribution in [-0.2, 0) is 0 Å². The van der Waals surface area contributed by atoms with Crippen LogP contribution >= 0.6 is 0 Å². The minimum atomic E-state index is 0.354. The monoisotopic (exact) mass is 269 g/mol. The molecule has 0 atom stereocenters. The van der Waals surface area contributed by atoms with Crippen LogP contribution in [0.4, 0.5) is 5.82 Å². The third-order valence-corrected chi connectivity index (χ3v) is 4.27. The van der Waals surface area contributed by atoms with Crippen LogP contribution in [0.3, 0.4) is 0 Å². The molecule has 2 heterocycles. The molecule has 0 unspecified atom stereocenters. The molecule has 0 saturated carbocycles. The molecule has 2 N–H and O–H groups in total. The van der Waals surface area contributed by atoms with E-state index in [1.807, 2.05) is 6.20 Å². The van der Waals surface area contributed by atoms with Crippen molar-refractivity contribution in [2.75, 3.05) is 18.0 Å². The zero-order valence-electron chi connectivity index (χ0n) is 12.3. The second-order valence-corrected chi connectivity index (χ2v) is 6.09. The molecule has 0 spiro atoms. The van der Waals surface area contributed by atoms with Gasteiger partial charge < -0.3 is 10.6 Å². The van der Waals surface area contributed by atoms with Crippen molar-refractivity contribution >= 4 is 16.6 Å². The second-order valence-electron chi connectivity index (χ2n) is 6.09. The van der Waals surface area contributed by atoms with Gasteiger partial charge in [0.15, 0.2) is 0 Å². The molecule has 2 aromatic rings. The highest BCUT2D eigenvalue weighted by Crippen LogP contribution is 2.29. The van der Waals surface area contributed by atoms with Crippen LogP contribution in [0.25, 0.3) is 10.8 Å². The Morgan fingerprint density at radius 1 is 1.20 bits per heavy atom. The summed E-state index contributed by atoms with van der Waals surface area (Å²) in [6, 6.07) is 9.19. The van der Waals surface area contributed by atoms with Gasteiger partial charge in [0.25, 0.3) is 0 Å². The molecule has 0 aliphatic carbocycles. The predicted molar refractivity (Wildman–Crippen MR) is 85.3 cm³/mol. The second kappa shape index (κ2) is 5.41. The van der Waals surface area contributed by atoms with Crippen LogP contribution < -0.4 is 10.6 Å². The van der Waals surface area contributed by atoms with Crippen molar-refractivity contribution in [3.8, 4) is 0 Å². The van der Waals surface area contributed by atoms with E-state index in [0.717, 1.165) is 31.7 Å². The van der Waals surface area contributed by atoms with Gasteiger partial charge >= 0.3 is 0 Å². The zero-order valence-corrected chi connectivity index (χ0v) is 12.3. The fourth-order valence-corrected chi connectivity index (χ4v) is 2.89. The molecule has 1 aliphatic heterocycles.